The molecule has 0 bridgehead atoms. The molecule has 0 radical (unpaired) electrons. The lowest BCUT2D eigenvalue weighted by Gasteiger charge is -2.38. The Morgan fingerprint density at radius 1 is 1.26 bits per heavy atom. The Kier molecular flexibility index (Phi) is 5.20. The van der Waals surface area contributed by atoms with E-state index >= 15 is 0 Å². The summed E-state index contributed by atoms with van der Waals surface area (Å²) in [6.07, 6.45) is 6.22. The second kappa shape index (κ2) is 6.90. The summed E-state index contributed by atoms with van der Waals surface area (Å²) in [5.41, 5.74) is 1.00. The summed E-state index contributed by atoms with van der Waals surface area (Å²) in [6.45, 7) is 2.22. The molecule has 2 nitrogen and oxygen atoms in total. The van der Waals surface area contributed by atoms with Crippen LogP contribution in [0.4, 0.5) is 10.1 Å². The van der Waals surface area contributed by atoms with Crippen molar-refractivity contribution in [1.82, 2.24) is 0 Å². The van der Waals surface area contributed by atoms with E-state index in [-0.39, 0.29) is 5.82 Å². The number of rotatable bonds is 5. The minimum Gasteiger partial charge on any atom is -0.382 e. The fourth-order valence-electron chi connectivity index (χ4n) is 3.18. The van der Waals surface area contributed by atoms with Crippen molar-refractivity contribution in [1.29, 1.82) is 0 Å². The number of hydrogen-bond donors (Lipinski definition) is 1. The predicted octanol–water partition coefficient (Wildman–Crippen LogP) is 4.22. The molecule has 106 valence electrons. The monoisotopic (exact) mass is 265 g/mol. The highest BCUT2D eigenvalue weighted by Crippen LogP contribution is 2.32. The third-order valence-corrected chi connectivity index (χ3v) is 4.12. The first kappa shape index (κ1) is 14.3. The molecule has 0 spiro atoms. The number of halogens is 1. The second-order valence-electron chi connectivity index (χ2n) is 5.42. The van der Waals surface area contributed by atoms with Crippen LogP contribution in [0.1, 0.15) is 39.0 Å². The van der Waals surface area contributed by atoms with Gasteiger partial charge in [0.25, 0.3) is 0 Å². The molecule has 0 saturated heterocycles. The minimum absolute atomic E-state index is 0.186. The zero-order valence-electron chi connectivity index (χ0n) is 11.9. The van der Waals surface area contributed by atoms with Crippen molar-refractivity contribution >= 4 is 5.69 Å². The van der Waals surface area contributed by atoms with Crippen molar-refractivity contribution in [2.45, 2.75) is 51.2 Å². The fourth-order valence-corrected chi connectivity index (χ4v) is 3.18. The van der Waals surface area contributed by atoms with Gasteiger partial charge in [-0.3, -0.25) is 0 Å². The van der Waals surface area contributed by atoms with Crippen LogP contribution in [0.15, 0.2) is 24.3 Å². The van der Waals surface area contributed by atoms with E-state index in [0.717, 1.165) is 12.1 Å². The molecule has 2 rings (SSSR count). The van der Waals surface area contributed by atoms with Gasteiger partial charge in [0.2, 0.25) is 0 Å². The van der Waals surface area contributed by atoms with E-state index in [1.807, 2.05) is 19.2 Å². The van der Waals surface area contributed by atoms with E-state index in [2.05, 4.69) is 12.2 Å². The van der Waals surface area contributed by atoms with Crippen LogP contribution in [0.2, 0.25) is 0 Å². The van der Waals surface area contributed by atoms with Crippen molar-refractivity contribution in [3.05, 3.63) is 30.1 Å². The lowest BCUT2D eigenvalue weighted by atomic mass is 9.79. The van der Waals surface area contributed by atoms with E-state index in [1.54, 1.807) is 0 Å². The maximum Gasteiger partial charge on any atom is 0.123 e. The maximum absolute atomic E-state index is 12.9. The molecule has 0 aliphatic heterocycles. The molecular formula is C16H24FNO. The van der Waals surface area contributed by atoms with Crippen LogP contribution in [0.5, 0.6) is 0 Å². The standard InChI is InChI=1S/C16H24FNO/c1-3-5-14-15(6-4-7-16(14)19-2)18-13-10-8-12(17)9-11-13/h8-11,14-16,18H,3-7H2,1-2H3/t14?,15-,16?/m1/s1. The zero-order chi connectivity index (χ0) is 13.7. The molecule has 1 aliphatic carbocycles. The number of hydrogen-bond acceptors (Lipinski definition) is 2. The van der Waals surface area contributed by atoms with Gasteiger partial charge in [-0.15, -0.1) is 0 Å². The van der Waals surface area contributed by atoms with E-state index < -0.39 is 0 Å². The fraction of sp³-hybridized carbons (Fsp3) is 0.625. The van der Waals surface area contributed by atoms with Crippen molar-refractivity contribution in [3.63, 3.8) is 0 Å². The zero-order valence-corrected chi connectivity index (χ0v) is 11.9. The van der Waals surface area contributed by atoms with Crippen LogP contribution in [0.25, 0.3) is 0 Å². The van der Waals surface area contributed by atoms with Crippen molar-refractivity contribution in [3.8, 4) is 0 Å². The number of benzene rings is 1. The first-order chi connectivity index (χ1) is 9.24. The first-order valence-electron chi connectivity index (χ1n) is 7.29. The van der Waals surface area contributed by atoms with E-state index in [0.29, 0.717) is 18.1 Å². The third kappa shape index (κ3) is 3.69. The van der Waals surface area contributed by atoms with Crippen LogP contribution >= 0.6 is 0 Å². The molecule has 2 unspecified atom stereocenters. The Labute approximate surface area is 115 Å². The summed E-state index contributed by atoms with van der Waals surface area (Å²) in [5, 5.41) is 3.56. The summed E-state index contributed by atoms with van der Waals surface area (Å²) in [6, 6.07) is 7.08. The van der Waals surface area contributed by atoms with Gasteiger partial charge in [-0.05, 0) is 49.9 Å². The highest BCUT2D eigenvalue weighted by atomic mass is 19.1. The molecule has 0 aromatic heterocycles. The van der Waals surface area contributed by atoms with Gasteiger partial charge in [0, 0.05) is 24.8 Å². The SMILES string of the molecule is CCCC1C(OC)CCC[C@H]1Nc1ccc(F)cc1. The molecule has 1 N–H and O–H groups in total. The van der Waals surface area contributed by atoms with Crippen LogP contribution < -0.4 is 5.32 Å². The molecule has 0 heterocycles. The Hall–Kier alpha value is -1.09. The van der Waals surface area contributed by atoms with Crippen LogP contribution in [-0.4, -0.2) is 19.3 Å². The van der Waals surface area contributed by atoms with Crippen LogP contribution in [0.3, 0.4) is 0 Å². The van der Waals surface area contributed by atoms with Gasteiger partial charge in [-0.2, -0.15) is 0 Å². The lowest BCUT2D eigenvalue weighted by molar-refractivity contribution is 0.0144. The molecular weight excluding hydrogens is 241 g/mol. The molecule has 3 atom stereocenters. The summed E-state index contributed by atoms with van der Waals surface area (Å²) in [7, 11) is 1.81. The molecule has 0 amide bonds. The Bertz CT molecular complexity index is 379. The predicted molar refractivity (Wildman–Crippen MR) is 76.9 cm³/mol. The lowest BCUT2D eigenvalue weighted by Crippen LogP contribution is -2.41. The van der Waals surface area contributed by atoms with Gasteiger partial charge in [0.1, 0.15) is 5.82 Å². The third-order valence-electron chi connectivity index (χ3n) is 4.12. The topological polar surface area (TPSA) is 21.3 Å². The number of anilines is 1. The highest BCUT2D eigenvalue weighted by molar-refractivity contribution is 5.44. The molecule has 1 aromatic carbocycles. The van der Waals surface area contributed by atoms with Crippen molar-refractivity contribution in [2.24, 2.45) is 5.92 Å². The summed E-state index contributed by atoms with van der Waals surface area (Å²) >= 11 is 0. The van der Waals surface area contributed by atoms with Crippen LogP contribution in [-0.2, 0) is 4.74 Å². The number of nitrogens with one attached hydrogen (secondary N) is 1. The first-order valence-corrected chi connectivity index (χ1v) is 7.29. The Morgan fingerprint density at radius 3 is 2.63 bits per heavy atom. The normalized spacial score (nSPS) is 27.2. The van der Waals surface area contributed by atoms with E-state index in [1.165, 1.54) is 37.8 Å². The van der Waals surface area contributed by atoms with Gasteiger partial charge >= 0.3 is 0 Å². The van der Waals surface area contributed by atoms with E-state index in [4.69, 9.17) is 4.74 Å². The van der Waals surface area contributed by atoms with Crippen molar-refractivity contribution in [2.75, 3.05) is 12.4 Å². The minimum atomic E-state index is -0.186. The van der Waals surface area contributed by atoms with Gasteiger partial charge in [0.15, 0.2) is 0 Å². The van der Waals surface area contributed by atoms with Gasteiger partial charge in [-0.1, -0.05) is 13.3 Å². The van der Waals surface area contributed by atoms with Crippen molar-refractivity contribution < 1.29 is 9.13 Å². The summed E-state index contributed by atoms with van der Waals surface area (Å²) < 4.78 is 18.6. The number of methoxy groups -OCH3 is 1. The number of ether oxygens (including phenoxy) is 1. The van der Waals surface area contributed by atoms with Crippen LogP contribution in [0, 0.1) is 11.7 Å². The molecule has 1 saturated carbocycles. The Balaban J connectivity index is 2.05. The maximum atomic E-state index is 12.9. The van der Waals surface area contributed by atoms with Gasteiger partial charge in [-0.25, -0.2) is 4.39 Å². The molecule has 1 aromatic rings. The molecule has 19 heavy (non-hydrogen) atoms. The molecule has 1 aliphatic rings. The average molecular weight is 265 g/mol. The largest absolute Gasteiger partial charge is 0.382 e. The smallest absolute Gasteiger partial charge is 0.123 e. The van der Waals surface area contributed by atoms with Gasteiger partial charge in [0.05, 0.1) is 6.10 Å². The van der Waals surface area contributed by atoms with Gasteiger partial charge < -0.3 is 10.1 Å². The molecule has 1 fully saturated rings. The highest BCUT2D eigenvalue weighted by Gasteiger charge is 2.32. The van der Waals surface area contributed by atoms with E-state index in [9.17, 15) is 4.39 Å². The Morgan fingerprint density at radius 2 is 2.00 bits per heavy atom. The average Bonchev–Trinajstić information content (AvgIpc) is 2.43. The second-order valence-corrected chi connectivity index (χ2v) is 5.42. The molecule has 3 heteroatoms. The summed E-state index contributed by atoms with van der Waals surface area (Å²) in [5.74, 6) is 0.364. The quantitative estimate of drug-likeness (QED) is 0.860. The summed E-state index contributed by atoms with van der Waals surface area (Å²) in [4.78, 5) is 0.